The van der Waals surface area contributed by atoms with Gasteiger partial charge in [-0.2, -0.15) is 0 Å². The van der Waals surface area contributed by atoms with E-state index in [2.05, 4.69) is 4.74 Å². The maximum atomic E-state index is 11.5. The molecular weight excluding hydrogens is 236 g/mol. The molecule has 0 saturated carbocycles. The summed E-state index contributed by atoms with van der Waals surface area (Å²) >= 11 is 0. The second kappa shape index (κ2) is 5.64. The van der Waals surface area contributed by atoms with E-state index in [-0.39, 0.29) is 11.7 Å². The largest absolute Gasteiger partial charge is 0.488 e. The first kappa shape index (κ1) is 12.6. The van der Waals surface area contributed by atoms with Crippen LogP contribution in [0.5, 0.6) is 5.75 Å². The van der Waals surface area contributed by atoms with Crippen molar-refractivity contribution in [2.75, 3.05) is 20.3 Å². The van der Waals surface area contributed by atoms with Gasteiger partial charge in [-0.15, -0.1) is 0 Å². The molecule has 0 aliphatic carbocycles. The van der Waals surface area contributed by atoms with Gasteiger partial charge < -0.3 is 14.2 Å². The van der Waals surface area contributed by atoms with Crippen LogP contribution in [-0.4, -0.2) is 38.2 Å². The third-order valence-corrected chi connectivity index (χ3v) is 2.68. The topological polar surface area (TPSA) is 61.8 Å². The van der Waals surface area contributed by atoms with Gasteiger partial charge in [-0.1, -0.05) is 0 Å². The highest BCUT2D eigenvalue weighted by Crippen LogP contribution is 2.17. The van der Waals surface area contributed by atoms with E-state index in [4.69, 9.17) is 9.47 Å². The number of rotatable bonds is 4. The van der Waals surface area contributed by atoms with Gasteiger partial charge in [0, 0.05) is 12.0 Å². The van der Waals surface area contributed by atoms with Crippen LogP contribution in [0.15, 0.2) is 24.3 Å². The molecule has 1 aliphatic heterocycles. The lowest BCUT2D eigenvalue weighted by Crippen LogP contribution is -2.17. The first-order valence-corrected chi connectivity index (χ1v) is 5.68. The highest BCUT2D eigenvalue weighted by Gasteiger charge is 2.19. The van der Waals surface area contributed by atoms with Gasteiger partial charge in [-0.25, -0.2) is 4.79 Å². The fourth-order valence-electron chi connectivity index (χ4n) is 1.69. The molecule has 1 atom stereocenters. The van der Waals surface area contributed by atoms with E-state index < -0.39 is 11.8 Å². The summed E-state index contributed by atoms with van der Waals surface area (Å²) in [5, 5.41) is 0. The van der Waals surface area contributed by atoms with Gasteiger partial charge in [0.05, 0.1) is 20.3 Å². The molecule has 0 N–H and O–H groups in total. The highest BCUT2D eigenvalue weighted by molar-refractivity contribution is 6.40. The number of hydrogen-bond acceptors (Lipinski definition) is 5. The summed E-state index contributed by atoms with van der Waals surface area (Å²) in [7, 11) is 1.18. The van der Waals surface area contributed by atoms with E-state index in [1.165, 1.54) is 7.11 Å². The second-order valence-corrected chi connectivity index (χ2v) is 3.95. The van der Waals surface area contributed by atoms with Crippen molar-refractivity contribution >= 4 is 11.8 Å². The number of methoxy groups -OCH3 is 1. The Morgan fingerprint density at radius 3 is 2.56 bits per heavy atom. The molecule has 2 rings (SSSR count). The quantitative estimate of drug-likeness (QED) is 0.456. The fraction of sp³-hybridized carbons (Fsp3) is 0.385. The van der Waals surface area contributed by atoms with Crippen LogP contribution in [-0.2, 0) is 14.3 Å². The average Bonchev–Trinajstić information content (AvgIpc) is 2.91. The van der Waals surface area contributed by atoms with E-state index >= 15 is 0 Å². The molecule has 0 amide bonds. The number of esters is 1. The predicted molar refractivity (Wildman–Crippen MR) is 62.6 cm³/mol. The number of Topliss-reactive ketones (excluding diaryl/α,β-unsaturated/α-hetero) is 1. The van der Waals surface area contributed by atoms with E-state index in [0.717, 1.165) is 6.42 Å². The number of carbonyl (C=O) groups is 2. The zero-order chi connectivity index (χ0) is 13.0. The summed E-state index contributed by atoms with van der Waals surface area (Å²) in [6.07, 6.45) is 0.926. The van der Waals surface area contributed by atoms with Crippen LogP contribution in [0.2, 0.25) is 0 Å². The molecule has 5 nitrogen and oxygen atoms in total. The van der Waals surface area contributed by atoms with Gasteiger partial charge in [0.15, 0.2) is 0 Å². The van der Waals surface area contributed by atoms with Crippen LogP contribution in [0.4, 0.5) is 0 Å². The first-order chi connectivity index (χ1) is 8.70. The lowest BCUT2D eigenvalue weighted by atomic mass is 10.1. The molecule has 5 heteroatoms. The summed E-state index contributed by atoms with van der Waals surface area (Å²) in [5.74, 6) is -0.868. The number of benzene rings is 1. The van der Waals surface area contributed by atoms with Gasteiger partial charge in [-0.3, -0.25) is 4.79 Å². The van der Waals surface area contributed by atoms with Crippen LogP contribution in [0.25, 0.3) is 0 Å². The van der Waals surface area contributed by atoms with E-state index in [0.29, 0.717) is 19.0 Å². The van der Waals surface area contributed by atoms with Crippen molar-refractivity contribution < 1.29 is 23.8 Å². The molecule has 0 aromatic heterocycles. The van der Waals surface area contributed by atoms with Gasteiger partial charge >= 0.3 is 5.97 Å². The van der Waals surface area contributed by atoms with E-state index in [1.54, 1.807) is 24.3 Å². The summed E-state index contributed by atoms with van der Waals surface area (Å²) in [4.78, 5) is 22.6. The molecule has 1 saturated heterocycles. The molecule has 0 unspecified atom stereocenters. The average molecular weight is 250 g/mol. The van der Waals surface area contributed by atoms with Crippen LogP contribution in [0.3, 0.4) is 0 Å². The molecule has 96 valence electrons. The normalized spacial score (nSPS) is 18.4. The zero-order valence-electron chi connectivity index (χ0n) is 10.0. The maximum absolute atomic E-state index is 11.5. The fourth-order valence-corrected chi connectivity index (χ4v) is 1.69. The highest BCUT2D eigenvalue weighted by atomic mass is 16.5. The zero-order valence-corrected chi connectivity index (χ0v) is 10.0. The van der Waals surface area contributed by atoms with Gasteiger partial charge in [0.25, 0.3) is 5.78 Å². The summed E-state index contributed by atoms with van der Waals surface area (Å²) < 4.78 is 15.2. The molecule has 1 aliphatic rings. The smallest absolute Gasteiger partial charge is 0.379 e. The third-order valence-electron chi connectivity index (χ3n) is 2.68. The molecule has 1 aromatic carbocycles. The lowest BCUT2D eigenvalue weighted by Gasteiger charge is -2.11. The molecule has 1 fully saturated rings. The maximum Gasteiger partial charge on any atom is 0.379 e. The van der Waals surface area contributed by atoms with Crippen LogP contribution < -0.4 is 4.74 Å². The van der Waals surface area contributed by atoms with Gasteiger partial charge in [0.1, 0.15) is 11.9 Å². The van der Waals surface area contributed by atoms with Crippen LogP contribution in [0.1, 0.15) is 16.8 Å². The number of ether oxygens (including phenoxy) is 3. The number of hydrogen-bond donors (Lipinski definition) is 0. The van der Waals surface area contributed by atoms with Crippen molar-refractivity contribution in [3.8, 4) is 5.75 Å². The Morgan fingerprint density at radius 2 is 2.00 bits per heavy atom. The Hall–Kier alpha value is -1.88. The molecule has 1 aromatic rings. The van der Waals surface area contributed by atoms with Crippen molar-refractivity contribution in [3.05, 3.63) is 29.8 Å². The minimum absolute atomic E-state index is 0.0622. The Labute approximate surface area is 105 Å². The van der Waals surface area contributed by atoms with Crippen LogP contribution in [0, 0.1) is 0 Å². The van der Waals surface area contributed by atoms with Gasteiger partial charge in [-0.05, 0) is 24.3 Å². The van der Waals surface area contributed by atoms with E-state index in [9.17, 15) is 9.59 Å². The summed E-state index contributed by atoms with van der Waals surface area (Å²) in [5.41, 5.74) is 0.289. The van der Waals surface area contributed by atoms with Crippen molar-refractivity contribution in [1.29, 1.82) is 0 Å². The Kier molecular flexibility index (Phi) is 3.94. The van der Waals surface area contributed by atoms with Crippen molar-refractivity contribution in [1.82, 2.24) is 0 Å². The Balaban J connectivity index is 2.00. The SMILES string of the molecule is COC(=O)C(=O)c1ccc(O[C@@H]2CCOC2)cc1. The minimum Gasteiger partial charge on any atom is -0.488 e. The predicted octanol–water partition coefficient (Wildman–Crippen LogP) is 1.21. The van der Waals surface area contributed by atoms with Crippen molar-refractivity contribution in [2.45, 2.75) is 12.5 Å². The first-order valence-electron chi connectivity index (χ1n) is 5.68. The Bertz CT molecular complexity index is 431. The standard InChI is InChI=1S/C13H14O5/c1-16-13(15)12(14)9-2-4-10(5-3-9)18-11-6-7-17-8-11/h2-5,11H,6-8H2,1H3/t11-/m1/s1. The molecule has 18 heavy (non-hydrogen) atoms. The number of ketones is 1. The molecular formula is C13H14O5. The number of carbonyl (C=O) groups excluding carboxylic acids is 2. The molecule has 0 spiro atoms. The summed E-state index contributed by atoms with van der Waals surface area (Å²) in [6, 6.07) is 6.41. The molecule has 0 radical (unpaired) electrons. The molecule has 0 bridgehead atoms. The molecule has 1 heterocycles. The summed E-state index contributed by atoms with van der Waals surface area (Å²) in [6.45, 7) is 1.30. The third kappa shape index (κ3) is 2.87. The van der Waals surface area contributed by atoms with Crippen LogP contribution >= 0.6 is 0 Å². The van der Waals surface area contributed by atoms with Crippen molar-refractivity contribution in [2.24, 2.45) is 0 Å². The van der Waals surface area contributed by atoms with E-state index in [1.807, 2.05) is 0 Å². The Morgan fingerprint density at radius 1 is 1.28 bits per heavy atom. The van der Waals surface area contributed by atoms with Gasteiger partial charge in [0.2, 0.25) is 0 Å². The second-order valence-electron chi connectivity index (χ2n) is 3.95. The van der Waals surface area contributed by atoms with Crippen molar-refractivity contribution in [3.63, 3.8) is 0 Å². The monoisotopic (exact) mass is 250 g/mol. The minimum atomic E-state index is -0.868. The lowest BCUT2D eigenvalue weighted by molar-refractivity contribution is -0.135.